The van der Waals surface area contributed by atoms with Gasteiger partial charge in [-0.05, 0) is 77.0 Å². The lowest BCUT2D eigenvalue weighted by Gasteiger charge is -2.30. The van der Waals surface area contributed by atoms with E-state index in [2.05, 4.69) is 64.6 Å². The molecule has 0 aliphatic carbocycles. The fourth-order valence-electron chi connectivity index (χ4n) is 5.97. The van der Waals surface area contributed by atoms with Crippen molar-refractivity contribution in [2.24, 2.45) is 0 Å². The van der Waals surface area contributed by atoms with Crippen molar-refractivity contribution in [1.29, 1.82) is 0 Å². The van der Waals surface area contributed by atoms with Crippen molar-refractivity contribution in [1.82, 2.24) is 0 Å². The first kappa shape index (κ1) is 25.0. The molecule has 3 nitrogen and oxygen atoms in total. The number of rotatable bonds is 9. The summed E-state index contributed by atoms with van der Waals surface area (Å²) >= 11 is 0. The summed E-state index contributed by atoms with van der Waals surface area (Å²) in [6.07, 6.45) is 3.42. The second kappa shape index (κ2) is 10.3. The van der Waals surface area contributed by atoms with Gasteiger partial charge in [0.1, 0.15) is 11.6 Å². The molecule has 186 valence electrons. The first-order valence-electron chi connectivity index (χ1n) is 13.2. The van der Waals surface area contributed by atoms with Gasteiger partial charge in [-0.2, -0.15) is 0 Å². The predicted molar refractivity (Wildman–Crippen MR) is 139 cm³/mol. The van der Waals surface area contributed by atoms with Crippen molar-refractivity contribution in [3.05, 3.63) is 57.4 Å². The van der Waals surface area contributed by atoms with Crippen molar-refractivity contribution in [2.75, 3.05) is 31.8 Å². The highest BCUT2D eigenvalue weighted by Crippen LogP contribution is 2.43. The van der Waals surface area contributed by atoms with E-state index in [9.17, 15) is 0 Å². The molecule has 2 aromatic rings. The van der Waals surface area contributed by atoms with Crippen molar-refractivity contribution in [2.45, 2.75) is 91.0 Å². The van der Waals surface area contributed by atoms with Gasteiger partial charge in [0.25, 0.3) is 0 Å². The van der Waals surface area contributed by atoms with E-state index < -0.39 is 0 Å². The quantitative estimate of drug-likeness (QED) is 0.391. The van der Waals surface area contributed by atoms with Crippen molar-refractivity contribution < 1.29 is 13.9 Å². The molecule has 0 saturated carbocycles. The summed E-state index contributed by atoms with van der Waals surface area (Å²) in [5.74, 6) is 1.95. The Morgan fingerprint density at radius 2 is 1.82 bits per heavy atom. The molecule has 34 heavy (non-hydrogen) atoms. The summed E-state index contributed by atoms with van der Waals surface area (Å²) in [7, 11) is 1.78. The number of ether oxygens (including phenoxy) is 2. The van der Waals surface area contributed by atoms with E-state index in [1.165, 1.54) is 22.4 Å². The maximum absolute atomic E-state index is 15.3. The van der Waals surface area contributed by atoms with E-state index in [0.717, 1.165) is 41.8 Å². The van der Waals surface area contributed by atoms with Crippen LogP contribution in [0.5, 0.6) is 5.75 Å². The molecule has 0 spiro atoms. The second-order valence-corrected chi connectivity index (χ2v) is 10.8. The third-order valence-corrected chi connectivity index (χ3v) is 7.88. The first-order chi connectivity index (χ1) is 16.3. The van der Waals surface area contributed by atoms with Crippen molar-refractivity contribution in [3.8, 4) is 5.75 Å². The van der Waals surface area contributed by atoms with Crippen LogP contribution in [0.3, 0.4) is 0 Å². The lowest BCUT2D eigenvalue weighted by molar-refractivity contribution is 0.203. The Morgan fingerprint density at radius 1 is 1.06 bits per heavy atom. The van der Waals surface area contributed by atoms with Crippen LogP contribution in [0.15, 0.2) is 18.2 Å². The minimum Gasteiger partial charge on any atom is -0.493 e. The molecule has 0 amide bonds. The third kappa shape index (κ3) is 4.58. The van der Waals surface area contributed by atoms with E-state index in [-0.39, 0.29) is 11.7 Å². The number of halogens is 1. The molecular weight excluding hydrogens is 425 g/mol. The van der Waals surface area contributed by atoms with Gasteiger partial charge in [-0.25, -0.2) is 4.39 Å². The molecule has 2 aliphatic rings. The van der Waals surface area contributed by atoms with Gasteiger partial charge in [0.15, 0.2) is 0 Å². The molecule has 2 aliphatic heterocycles. The minimum absolute atomic E-state index is 0.0334. The molecule has 0 aromatic heterocycles. The van der Waals surface area contributed by atoms with E-state index in [1.54, 1.807) is 7.11 Å². The standard InChI is InChI=1S/C30H42FNO2/c1-8-23-26(17-29-24(30(23)31)9-11-34-29)20(6)13-22-16-27-25(19(4)5)14-21(18(2)3)15-28(27)32(22)10-12-33-7/h14-15,17-20,22H,8-13,16H2,1-7H3. The van der Waals surface area contributed by atoms with Crippen LogP contribution in [-0.4, -0.2) is 32.9 Å². The highest BCUT2D eigenvalue weighted by atomic mass is 19.1. The molecule has 0 saturated heterocycles. The molecule has 2 atom stereocenters. The van der Waals surface area contributed by atoms with Gasteiger partial charge in [0, 0.05) is 37.4 Å². The summed E-state index contributed by atoms with van der Waals surface area (Å²) in [6, 6.07) is 7.35. The van der Waals surface area contributed by atoms with Crippen LogP contribution in [0.4, 0.5) is 10.1 Å². The summed E-state index contributed by atoms with van der Waals surface area (Å²) < 4.78 is 26.6. The van der Waals surface area contributed by atoms with Gasteiger partial charge in [0.05, 0.1) is 13.2 Å². The normalized spacial score (nSPS) is 17.9. The van der Waals surface area contributed by atoms with E-state index in [1.807, 2.05) is 0 Å². The third-order valence-electron chi connectivity index (χ3n) is 7.88. The molecule has 0 bridgehead atoms. The first-order valence-corrected chi connectivity index (χ1v) is 13.2. The van der Waals surface area contributed by atoms with E-state index >= 15 is 4.39 Å². The molecule has 4 heteroatoms. The average Bonchev–Trinajstić information content (AvgIpc) is 3.41. The summed E-state index contributed by atoms with van der Waals surface area (Å²) in [5, 5.41) is 0. The SMILES string of the molecule is CCc1c(C(C)CC2Cc3c(C(C)C)cc(C(C)C)cc3N2CCOC)cc2c(c1F)CCO2. The number of benzene rings is 2. The van der Waals surface area contributed by atoms with E-state index in [4.69, 9.17) is 9.47 Å². The minimum atomic E-state index is -0.0334. The van der Waals surface area contributed by atoms with Crippen LogP contribution in [0.25, 0.3) is 0 Å². The number of hydrogen-bond acceptors (Lipinski definition) is 3. The number of methoxy groups -OCH3 is 1. The number of fused-ring (bicyclic) bond motifs is 2. The summed E-state index contributed by atoms with van der Waals surface area (Å²) in [4.78, 5) is 2.57. The topological polar surface area (TPSA) is 21.7 Å². The highest BCUT2D eigenvalue weighted by molar-refractivity contribution is 5.65. The Morgan fingerprint density at radius 3 is 2.47 bits per heavy atom. The lowest BCUT2D eigenvalue weighted by atomic mass is 9.85. The highest BCUT2D eigenvalue weighted by Gasteiger charge is 2.34. The predicted octanol–water partition coefficient (Wildman–Crippen LogP) is 7.14. The van der Waals surface area contributed by atoms with Crippen LogP contribution in [0.1, 0.15) is 99.1 Å². The zero-order valence-corrected chi connectivity index (χ0v) is 22.1. The summed E-state index contributed by atoms with van der Waals surface area (Å²) in [5.41, 5.74) is 8.52. The molecule has 4 rings (SSSR count). The van der Waals surface area contributed by atoms with Gasteiger partial charge >= 0.3 is 0 Å². The number of anilines is 1. The molecular formula is C30H42FNO2. The lowest BCUT2D eigenvalue weighted by Crippen LogP contribution is -2.35. The van der Waals surface area contributed by atoms with E-state index in [0.29, 0.717) is 43.9 Å². The fourth-order valence-corrected chi connectivity index (χ4v) is 5.97. The molecule has 2 heterocycles. The van der Waals surface area contributed by atoms with Crippen LogP contribution in [0.2, 0.25) is 0 Å². The van der Waals surface area contributed by atoms with Gasteiger partial charge < -0.3 is 14.4 Å². The monoisotopic (exact) mass is 467 g/mol. The molecule has 2 aromatic carbocycles. The number of nitrogens with zero attached hydrogens (tertiary/aromatic N) is 1. The Bertz CT molecular complexity index is 1030. The van der Waals surface area contributed by atoms with Crippen LogP contribution in [0, 0.1) is 5.82 Å². The largest absolute Gasteiger partial charge is 0.493 e. The van der Waals surface area contributed by atoms with Crippen molar-refractivity contribution in [3.63, 3.8) is 0 Å². The Hall–Kier alpha value is -2.07. The van der Waals surface area contributed by atoms with Crippen LogP contribution in [-0.2, 0) is 24.0 Å². The maximum Gasteiger partial charge on any atom is 0.133 e. The second-order valence-electron chi connectivity index (χ2n) is 10.8. The fraction of sp³-hybridized carbons (Fsp3) is 0.600. The molecule has 2 unspecified atom stereocenters. The van der Waals surface area contributed by atoms with Crippen LogP contribution < -0.4 is 9.64 Å². The van der Waals surface area contributed by atoms with Gasteiger partial charge in [-0.3, -0.25) is 0 Å². The Balaban J connectivity index is 1.69. The van der Waals surface area contributed by atoms with Crippen LogP contribution >= 0.6 is 0 Å². The molecule has 0 N–H and O–H groups in total. The zero-order chi connectivity index (χ0) is 24.6. The van der Waals surface area contributed by atoms with Crippen molar-refractivity contribution >= 4 is 5.69 Å². The molecule has 0 fully saturated rings. The van der Waals surface area contributed by atoms with Gasteiger partial charge in [-0.15, -0.1) is 0 Å². The average molecular weight is 468 g/mol. The molecule has 0 radical (unpaired) electrons. The van der Waals surface area contributed by atoms with Gasteiger partial charge in [0.2, 0.25) is 0 Å². The Labute approximate surface area is 205 Å². The smallest absolute Gasteiger partial charge is 0.133 e. The Kier molecular flexibility index (Phi) is 7.57. The summed E-state index contributed by atoms with van der Waals surface area (Å²) in [6.45, 7) is 15.6. The van der Waals surface area contributed by atoms with Gasteiger partial charge in [-0.1, -0.05) is 47.6 Å². The zero-order valence-electron chi connectivity index (χ0n) is 22.1. The maximum atomic E-state index is 15.3. The number of hydrogen-bond donors (Lipinski definition) is 0.